The lowest BCUT2D eigenvalue weighted by Gasteiger charge is -2.49. The van der Waals surface area contributed by atoms with Gasteiger partial charge < -0.3 is 67.5 Å². The number of carbonyl (C=O) groups excluding carboxylic acids is 2. The van der Waals surface area contributed by atoms with Crippen LogP contribution in [-0.4, -0.2) is 237 Å². The number of fused-ring (bicyclic) bond motifs is 1. The first-order valence-corrected chi connectivity index (χ1v) is 26.7. The van der Waals surface area contributed by atoms with E-state index in [1.165, 1.54) is 0 Å². The van der Waals surface area contributed by atoms with Crippen molar-refractivity contribution < 1.29 is 62.4 Å². The summed E-state index contributed by atoms with van der Waals surface area (Å²) in [5.41, 5.74) is -3.68. The Balaban J connectivity index is 1.40. The number of methoxy groups -OCH3 is 1. The zero-order valence-electron chi connectivity index (χ0n) is 46.1. The Bertz CT molecular complexity index is 1620. The molecule has 0 aromatic carbocycles. The van der Waals surface area contributed by atoms with E-state index in [1.807, 2.05) is 67.6 Å². The zero-order chi connectivity index (χ0) is 51.9. The Morgan fingerprint density at radius 2 is 1.50 bits per heavy atom. The number of carbonyl (C=O) groups is 2. The smallest absolute Gasteiger partial charge is 0.458 e. The van der Waals surface area contributed by atoms with Gasteiger partial charge in [0, 0.05) is 90.5 Å². The number of likely N-dealkylation sites (N-methyl/N-ethyl adjacent to an activating group) is 3. The van der Waals surface area contributed by atoms with Crippen molar-refractivity contribution in [1.29, 1.82) is 0 Å². The lowest BCUT2D eigenvalue weighted by molar-refractivity contribution is -0.320. The normalized spacial score (nSPS) is 42.5. The third kappa shape index (κ3) is 14.3. The largest absolute Gasteiger partial charge is 0.509 e. The van der Waals surface area contributed by atoms with Gasteiger partial charge in [0.2, 0.25) is 0 Å². The Morgan fingerprint density at radius 3 is 2.10 bits per heavy atom. The molecule has 2 N–H and O–H groups in total. The summed E-state index contributed by atoms with van der Waals surface area (Å²) < 4.78 is 58.1. The minimum absolute atomic E-state index is 0.114. The van der Waals surface area contributed by atoms with E-state index in [1.54, 1.807) is 27.9 Å². The summed E-state index contributed by atoms with van der Waals surface area (Å²) in [5.74, 6) is -2.40. The second kappa shape index (κ2) is 25.6. The van der Waals surface area contributed by atoms with Gasteiger partial charge >= 0.3 is 12.1 Å². The number of ether oxygens (including phenoxy) is 9. The van der Waals surface area contributed by atoms with Gasteiger partial charge in [-0.25, -0.2) is 4.79 Å². The molecule has 18 nitrogen and oxygen atoms in total. The van der Waals surface area contributed by atoms with Crippen molar-refractivity contribution in [3.05, 3.63) is 0 Å². The van der Waals surface area contributed by atoms with Crippen molar-refractivity contribution in [3.63, 3.8) is 0 Å². The molecule has 0 bridgehead atoms. The van der Waals surface area contributed by atoms with Gasteiger partial charge in [-0.05, 0) is 114 Å². The average molecular weight is 1000 g/mol. The zero-order valence-corrected chi connectivity index (χ0v) is 46.1. The van der Waals surface area contributed by atoms with Gasteiger partial charge in [0.15, 0.2) is 24.3 Å². The van der Waals surface area contributed by atoms with Crippen LogP contribution >= 0.6 is 0 Å². The number of nitrogens with zero attached hydrogens (tertiary/aromatic N) is 5. The fraction of sp³-hybridized carbons (Fsp3) is 0.962. The van der Waals surface area contributed by atoms with Crippen LogP contribution in [0.25, 0.3) is 0 Å². The van der Waals surface area contributed by atoms with E-state index in [4.69, 9.17) is 42.6 Å². The van der Waals surface area contributed by atoms with Crippen molar-refractivity contribution >= 4 is 12.1 Å². The molecular weight excluding hydrogens is 903 g/mol. The molecule has 0 radical (unpaired) electrons. The van der Waals surface area contributed by atoms with Crippen molar-refractivity contribution in [2.45, 2.75) is 205 Å². The predicted molar refractivity (Wildman–Crippen MR) is 266 cm³/mol. The van der Waals surface area contributed by atoms with Gasteiger partial charge in [0.05, 0.1) is 41.5 Å². The molecule has 0 amide bonds. The molecule has 5 aliphatic rings. The predicted octanol–water partition coefficient (Wildman–Crippen LogP) is 4.46. The number of esters is 1. The molecule has 0 saturated carbocycles. The first-order chi connectivity index (χ1) is 32.9. The average Bonchev–Trinajstić information content (AvgIpc) is 3.62. The highest BCUT2D eigenvalue weighted by Crippen LogP contribution is 2.42. The molecule has 0 aliphatic carbocycles. The maximum atomic E-state index is 14.8. The molecule has 0 aromatic rings. The molecule has 408 valence electrons. The van der Waals surface area contributed by atoms with Crippen molar-refractivity contribution in [2.75, 3.05) is 100 Å². The highest BCUT2D eigenvalue weighted by Gasteiger charge is 2.58. The number of piperazine rings is 1. The summed E-state index contributed by atoms with van der Waals surface area (Å²) in [6.45, 7) is 34.0. The summed E-state index contributed by atoms with van der Waals surface area (Å²) in [7, 11) is 7.45. The van der Waals surface area contributed by atoms with E-state index < -0.39 is 96.1 Å². The molecule has 5 fully saturated rings. The van der Waals surface area contributed by atoms with Gasteiger partial charge in [0.1, 0.15) is 18.3 Å². The molecule has 5 saturated heterocycles. The molecule has 70 heavy (non-hydrogen) atoms. The summed E-state index contributed by atoms with van der Waals surface area (Å²) >= 11 is 0. The van der Waals surface area contributed by atoms with Gasteiger partial charge in [-0.1, -0.05) is 34.6 Å². The first kappa shape index (κ1) is 59.1. The van der Waals surface area contributed by atoms with Crippen LogP contribution in [-0.2, 0) is 47.4 Å². The second-order valence-corrected chi connectivity index (χ2v) is 22.5. The topological polar surface area (TPSA) is 174 Å². The number of hydrogen-bond acceptors (Lipinski definition) is 18. The van der Waals surface area contributed by atoms with E-state index in [0.717, 1.165) is 65.3 Å². The molecular formula is C52H97N5O13. The fourth-order valence-corrected chi connectivity index (χ4v) is 12.2. The Labute approximate surface area is 421 Å². The van der Waals surface area contributed by atoms with Crippen LogP contribution in [0.15, 0.2) is 0 Å². The third-order valence-corrected chi connectivity index (χ3v) is 16.6. The molecule has 5 rings (SSSR count). The van der Waals surface area contributed by atoms with Crippen LogP contribution < -0.4 is 0 Å². The van der Waals surface area contributed by atoms with Gasteiger partial charge in [-0.2, -0.15) is 0 Å². The highest BCUT2D eigenvalue weighted by atomic mass is 16.8. The van der Waals surface area contributed by atoms with Crippen LogP contribution in [0.5, 0.6) is 0 Å². The lowest BCUT2D eigenvalue weighted by atomic mass is 9.77. The first-order valence-electron chi connectivity index (χ1n) is 26.7. The quantitative estimate of drug-likeness (QED) is 0.154. The summed E-state index contributed by atoms with van der Waals surface area (Å²) in [6.07, 6.45) is -6.24. The molecule has 5 heterocycles. The monoisotopic (exact) mass is 1000 g/mol. The van der Waals surface area contributed by atoms with Gasteiger partial charge in [-0.3, -0.25) is 14.6 Å². The molecule has 18 heteroatoms. The van der Waals surface area contributed by atoms with Crippen LogP contribution in [0.2, 0.25) is 0 Å². The van der Waals surface area contributed by atoms with Crippen molar-refractivity contribution in [2.24, 2.45) is 17.8 Å². The highest BCUT2D eigenvalue weighted by molar-refractivity contribution is 5.73. The molecule has 5 aliphatic heterocycles. The van der Waals surface area contributed by atoms with Crippen LogP contribution in [0.3, 0.4) is 0 Å². The standard InChI is InChI=1S/C52H97N5O13/c1-17-40-52(12)45(69-49(60)70-52)37(8)54(15)32-33(4)30-50(10,61)44(68-48-42(58)39(53(13)14)29-34(5)64-48)35(6)43(36(7)47(59)66-40)67-41-31-51(11,62-16)46(38(9)65-41)63-28-20-21-56-24-26-57(27-25-56)23-22-55(18-2)19-3/h33-46,48,58,61H,17-32H2,1-16H3/t33-,34-,35+,36-,37-,38+,39+,40-,41+,42-,43+,44-,45-,46+,48+,50-,51-,52-/m1/s1. The number of cyclic esters (lactones) is 1. The lowest BCUT2D eigenvalue weighted by Crippen LogP contribution is -2.61. The van der Waals surface area contributed by atoms with Gasteiger partial charge in [-0.15, -0.1) is 0 Å². The van der Waals surface area contributed by atoms with Crippen LogP contribution in [0.1, 0.15) is 115 Å². The summed E-state index contributed by atoms with van der Waals surface area (Å²) in [6, 6.07) is -0.615. The summed E-state index contributed by atoms with van der Waals surface area (Å²) in [4.78, 5) is 39.3. The minimum atomic E-state index is -1.55. The maximum absolute atomic E-state index is 14.8. The number of hydrogen-bond donors (Lipinski definition) is 2. The molecule has 0 unspecified atom stereocenters. The molecule has 0 aromatic heterocycles. The number of rotatable bonds is 17. The third-order valence-electron chi connectivity index (χ3n) is 16.6. The Hall–Kier alpha value is -1.78. The van der Waals surface area contributed by atoms with E-state index in [-0.39, 0.29) is 36.9 Å². The number of aliphatic hydroxyl groups excluding tert-OH is 1. The van der Waals surface area contributed by atoms with E-state index in [9.17, 15) is 19.8 Å². The fourth-order valence-electron chi connectivity index (χ4n) is 12.2. The van der Waals surface area contributed by atoms with Crippen molar-refractivity contribution in [3.8, 4) is 0 Å². The summed E-state index contributed by atoms with van der Waals surface area (Å²) in [5, 5.41) is 24.6. The number of aliphatic hydroxyl groups is 2. The van der Waals surface area contributed by atoms with Crippen molar-refractivity contribution in [1.82, 2.24) is 24.5 Å². The maximum Gasteiger partial charge on any atom is 0.509 e. The van der Waals surface area contributed by atoms with Crippen LogP contribution in [0, 0.1) is 17.8 Å². The van der Waals surface area contributed by atoms with E-state index in [2.05, 4.69) is 40.4 Å². The Kier molecular flexibility index (Phi) is 21.6. The van der Waals surface area contributed by atoms with Crippen LogP contribution in [0.4, 0.5) is 4.79 Å². The van der Waals surface area contributed by atoms with Gasteiger partial charge in [0.25, 0.3) is 0 Å². The second-order valence-electron chi connectivity index (χ2n) is 22.5. The molecule has 18 atom stereocenters. The van der Waals surface area contributed by atoms with E-state index in [0.29, 0.717) is 26.0 Å². The molecule has 0 spiro atoms. The SMILES string of the molecule is CC[C@H]1OC(=O)[C@H](C)[C@@H](O[C@H]2C[C@@](C)(OC)[C@@H](OCCCN3CCN(CCN(CC)CC)CC3)[C@H](C)O2)[C@H](C)[C@@H](O[C@@H]2O[C@H](C)C[C@H](N(C)C)[C@H]2O)[C@](C)(O)C[C@@H](C)CN(C)[C@H](C)[C@H]2OC(=O)O[C@@]21C. The van der Waals surface area contributed by atoms with E-state index >= 15 is 0 Å². The Morgan fingerprint density at radius 1 is 0.857 bits per heavy atom. The minimum Gasteiger partial charge on any atom is -0.458 e.